The Bertz CT molecular complexity index is 639. The zero-order chi connectivity index (χ0) is 17.4. The minimum absolute atomic E-state index is 0.220. The molecule has 0 fully saturated rings. The van der Waals surface area contributed by atoms with Crippen molar-refractivity contribution in [3.05, 3.63) is 48.3 Å². The topological polar surface area (TPSA) is 54.5 Å². The maximum absolute atomic E-state index is 12.3. The van der Waals surface area contributed by atoms with E-state index in [-0.39, 0.29) is 5.91 Å². The lowest BCUT2D eigenvalue weighted by atomic mass is 10.2. The summed E-state index contributed by atoms with van der Waals surface area (Å²) in [6.07, 6.45) is 4.03. The molecule has 5 heteroatoms. The summed E-state index contributed by atoms with van der Waals surface area (Å²) < 4.78 is 5.38. The van der Waals surface area contributed by atoms with Gasteiger partial charge in [-0.15, -0.1) is 0 Å². The molecule has 1 amide bonds. The third kappa shape index (κ3) is 4.98. The highest BCUT2D eigenvalue weighted by Crippen LogP contribution is 2.17. The lowest BCUT2D eigenvalue weighted by Crippen LogP contribution is -2.19. The fourth-order valence-electron chi connectivity index (χ4n) is 2.27. The summed E-state index contributed by atoms with van der Waals surface area (Å²) in [5, 5.41) is 2.84. The number of hydrogen-bond acceptors (Lipinski definition) is 4. The molecule has 0 aliphatic carbocycles. The van der Waals surface area contributed by atoms with Gasteiger partial charge in [-0.3, -0.25) is 4.79 Å². The van der Waals surface area contributed by atoms with Crippen LogP contribution in [0.25, 0.3) is 0 Å². The Morgan fingerprint density at radius 2 is 1.92 bits per heavy atom. The van der Waals surface area contributed by atoms with E-state index in [1.807, 2.05) is 44.3 Å². The summed E-state index contributed by atoms with van der Waals surface area (Å²) in [4.78, 5) is 18.7. The number of benzene rings is 1. The lowest BCUT2D eigenvalue weighted by molar-refractivity contribution is 0.102. The molecule has 1 N–H and O–H groups in total. The van der Waals surface area contributed by atoms with Gasteiger partial charge in [0.2, 0.25) is 0 Å². The van der Waals surface area contributed by atoms with Crippen LogP contribution in [0.4, 0.5) is 11.4 Å². The number of carbonyl (C=O) groups is 1. The SMILES string of the molecule is CCCCN(C)c1ccc(C(=O)Nc2ccc(OCC)cc2)nc1. The molecule has 0 saturated carbocycles. The number of rotatable bonds is 8. The number of nitrogens with one attached hydrogen (secondary N) is 1. The molecule has 0 aliphatic rings. The van der Waals surface area contributed by atoms with Crippen LogP contribution in [-0.4, -0.2) is 31.1 Å². The normalized spacial score (nSPS) is 10.3. The lowest BCUT2D eigenvalue weighted by Gasteiger charge is -2.18. The molecule has 1 aromatic carbocycles. The average Bonchev–Trinajstić information content (AvgIpc) is 2.61. The molecule has 128 valence electrons. The summed E-state index contributed by atoms with van der Waals surface area (Å²) >= 11 is 0. The van der Waals surface area contributed by atoms with Crippen molar-refractivity contribution in [2.24, 2.45) is 0 Å². The number of unbranched alkanes of at least 4 members (excludes halogenated alkanes) is 1. The zero-order valence-electron chi connectivity index (χ0n) is 14.6. The third-order valence-electron chi connectivity index (χ3n) is 3.69. The molecule has 24 heavy (non-hydrogen) atoms. The first-order valence-electron chi connectivity index (χ1n) is 8.35. The first kappa shape index (κ1) is 17.8. The summed E-state index contributed by atoms with van der Waals surface area (Å²) in [6.45, 7) is 5.70. The molecule has 0 bridgehead atoms. The van der Waals surface area contributed by atoms with Crippen molar-refractivity contribution in [2.45, 2.75) is 26.7 Å². The average molecular weight is 327 g/mol. The van der Waals surface area contributed by atoms with Gasteiger partial charge >= 0.3 is 0 Å². The zero-order valence-corrected chi connectivity index (χ0v) is 14.6. The molecule has 5 nitrogen and oxygen atoms in total. The fraction of sp³-hybridized carbons (Fsp3) is 0.368. The van der Waals surface area contributed by atoms with E-state index >= 15 is 0 Å². The van der Waals surface area contributed by atoms with Gasteiger partial charge in [-0.1, -0.05) is 13.3 Å². The van der Waals surface area contributed by atoms with Crippen molar-refractivity contribution >= 4 is 17.3 Å². The molecule has 0 aliphatic heterocycles. The summed E-state index contributed by atoms with van der Waals surface area (Å²) in [5.74, 6) is 0.565. The second-order valence-corrected chi connectivity index (χ2v) is 5.59. The number of hydrogen-bond donors (Lipinski definition) is 1. The van der Waals surface area contributed by atoms with Crippen molar-refractivity contribution in [3.63, 3.8) is 0 Å². The molecule has 2 rings (SSSR count). The molecular formula is C19H25N3O2. The van der Waals surface area contributed by atoms with Crippen molar-refractivity contribution in [3.8, 4) is 5.75 Å². The first-order chi connectivity index (χ1) is 11.6. The quantitative estimate of drug-likeness (QED) is 0.797. The number of ether oxygens (including phenoxy) is 1. The molecular weight excluding hydrogens is 302 g/mol. The van der Waals surface area contributed by atoms with E-state index in [9.17, 15) is 4.79 Å². The van der Waals surface area contributed by atoms with E-state index in [0.717, 1.165) is 36.5 Å². The van der Waals surface area contributed by atoms with Crippen LogP contribution in [0, 0.1) is 0 Å². The third-order valence-corrected chi connectivity index (χ3v) is 3.69. The van der Waals surface area contributed by atoms with Crippen molar-refractivity contribution in [2.75, 3.05) is 30.4 Å². The molecule has 2 aromatic rings. The van der Waals surface area contributed by atoms with Gasteiger partial charge in [0.25, 0.3) is 5.91 Å². The van der Waals surface area contributed by atoms with E-state index in [0.29, 0.717) is 12.3 Å². The second-order valence-electron chi connectivity index (χ2n) is 5.59. The van der Waals surface area contributed by atoms with E-state index in [4.69, 9.17) is 4.74 Å². The number of nitrogens with zero attached hydrogens (tertiary/aromatic N) is 2. The second kappa shape index (κ2) is 8.91. The predicted octanol–water partition coefficient (Wildman–Crippen LogP) is 3.97. The van der Waals surface area contributed by atoms with Gasteiger partial charge in [-0.2, -0.15) is 0 Å². The Morgan fingerprint density at radius 1 is 1.17 bits per heavy atom. The van der Waals surface area contributed by atoms with Gasteiger partial charge in [-0.05, 0) is 49.7 Å². The summed E-state index contributed by atoms with van der Waals surface area (Å²) in [5.41, 5.74) is 2.13. The van der Waals surface area contributed by atoms with Crippen LogP contribution < -0.4 is 15.0 Å². The molecule has 1 heterocycles. The smallest absolute Gasteiger partial charge is 0.274 e. The Kier molecular flexibility index (Phi) is 6.61. The minimum Gasteiger partial charge on any atom is -0.494 e. The Morgan fingerprint density at radius 3 is 2.50 bits per heavy atom. The first-order valence-corrected chi connectivity index (χ1v) is 8.35. The fourth-order valence-corrected chi connectivity index (χ4v) is 2.27. The Labute approximate surface area is 143 Å². The van der Waals surface area contributed by atoms with E-state index in [1.54, 1.807) is 12.3 Å². The van der Waals surface area contributed by atoms with Crippen LogP contribution >= 0.6 is 0 Å². The van der Waals surface area contributed by atoms with Crippen LogP contribution in [0.1, 0.15) is 37.2 Å². The van der Waals surface area contributed by atoms with Gasteiger partial charge in [0.1, 0.15) is 11.4 Å². The maximum Gasteiger partial charge on any atom is 0.274 e. The van der Waals surface area contributed by atoms with Gasteiger partial charge in [0.05, 0.1) is 18.5 Å². The van der Waals surface area contributed by atoms with Crippen molar-refractivity contribution < 1.29 is 9.53 Å². The number of amides is 1. The van der Waals surface area contributed by atoms with Gasteiger partial charge in [0.15, 0.2) is 0 Å². The standard InChI is InChI=1S/C19H25N3O2/c1-4-6-13-22(3)16-9-12-18(20-14-16)19(23)21-15-7-10-17(11-8-15)24-5-2/h7-12,14H,4-6,13H2,1-3H3,(H,21,23). The van der Waals surface area contributed by atoms with Gasteiger partial charge < -0.3 is 15.0 Å². The minimum atomic E-state index is -0.220. The van der Waals surface area contributed by atoms with Crippen molar-refractivity contribution in [1.82, 2.24) is 4.98 Å². The predicted molar refractivity (Wildman–Crippen MR) is 98.0 cm³/mol. The number of anilines is 2. The summed E-state index contributed by atoms with van der Waals surface area (Å²) in [6, 6.07) is 11.0. The Hall–Kier alpha value is -2.56. The Balaban J connectivity index is 1.96. The van der Waals surface area contributed by atoms with Crippen LogP contribution in [0.5, 0.6) is 5.75 Å². The van der Waals surface area contributed by atoms with Crippen LogP contribution in [-0.2, 0) is 0 Å². The number of carbonyl (C=O) groups excluding carboxylic acids is 1. The maximum atomic E-state index is 12.3. The highest BCUT2D eigenvalue weighted by molar-refractivity contribution is 6.02. The summed E-state index contributed by atoms with van der Waals surface area (Å²) in [7, 11) is 2.03. The van der Waals surface area contributed by atoms with E-state index in [1.165, 1.54) is 0 Å². The van der Waals surface area contributed by atoms with Gasteiger partial charge in [-0.25, -0.2) is 4.98 Å². The molecule has 0 spiro atoms. The van der Waals surface area contributed by atoms with Gasteiger partial charge in [0, 0.05) is 19.3 Å². The van der Waals surface area contributed by atoms with E-state index < -0.39 is 0 Å². The molecule has 1 aromatic heterocycles. The highest BCUT2D eigenvalue weighted by Gasteiger charge is 2.09. The van der Waals surface area contributed by atoms with Crippen LogP contribution in [0.3, 0.4) is 0 Å². The molecule has 0 radical (unpaired) electrons. The molecule has 0 unspecified atom stereocenters. The van der Waals surface area contributed by atoms with Crippen LogP contribution in [0.2, 0.25) is 0 Å². The number of aromatic nitrogens is 1. The van der Waals surface area contributed by atoms with E-state index in [2.05, 4.69) is 22.1 Å². The van der Waals surface area contributed by atoms with Crippen molar-refractivity contribution in [1.29, 1.82) is 0 Å². The highest BCUT2D eigenvalue weighted by atomic mass is 16.5. The molecule has 0 atom stereocenters. The van der Waals surface area contributed by atoms with Crippen LogP contribution in [0.15, 0.2) is 42.6 Å². The largest absolute Gasteiger partial charge is 0.494 e. The molecule has 0 saturated heterocycles. The number of pyridine rings is 1. The monoisotopic (exact) mass is 327 g/mol.